The maximum Gasteiger partial charge on any atom is 0.129 e. The van der Waals surface area contributed by atoms with Crippen molar-refractivity contribution in [2.45, 2.75) is 4.90 Å². The van der Waals surface area contributed by atoms with Gasteiger partial charge >= 0.3 is 0 Å². The van der Waals surface area contributed by atoms with Crippen molar-refractivity contribution in [2.75, 3.05) is 0 Å². The highest BCUT2D eigenvalue weighted by Gasteiger charge is 2.16. The van der Waals surface area contributed by atoms with Crippen LogP contribution in [0.5, 0.6) is 0 Å². The predicted octanol–water partition coefficient (Wildman–Crippen LogP) is 3.26. The molecular formula is C8H4Br2OS2. The monoisotopic (exact) mass is 338 g/mol. The summed E-state index contributed by atoms with van der Waals surface area (Å²) in [4.78, 5) is 1.12. The number of hydrogen-bond donors (Lipinski definition) is 0. The van der Waals surface area contributed by atoms with Gasteiger partial charge in [0.05, 0.1) is 0 Å². The van der Waals surface area contributed by atoms with Crippen LogP contribution in [-0.4, -0.2) is 4.21 Å². The minimum absolute atomic E-state index is 0.316. The summed E-state index contributed by atoms with van der Waals surface area (Å²) >= 11 is 6.85. The van der Waals surface area contributed by atoms with Gasteiger partial charge in [0.15, 0.2) is 0 Å². The Hall–Kier alpha value is 0.290. The molecule has 0 aliphatic carbocycles. The first-order chi connectivity index (χ1) is 6.22. The van der Waals surface area contributed by atoms with Crippen molar-refractivity contribution in [2.24, 2.45) is 0 Å². The summed E-state index contributed by atoms with van der Waals surface area (Å²) < 4.78 is 12.8. The van der Waals surface area contributed by atoms with E-state index in [9.17, 15) is 4.21 Å². The van der Waals surface area contributed by atoms with Crippen molar-refractivity contribution >= 4 is 56.0 Å². The van der Waals surface area contributed by atoms with Crippen molar-refractivity contribution in [3.05, 3.63) is 33.6 Å². The first kappa shape index (κ1) is 9.83. The van der Waals surface area contributed by atoms with Gasteiger partial charge in [-0.15, -0.1) is 0 Å². The molecule has 1 aliphatic rings. The summed E-state index contributed by atoms with van der Waals surface area (Å²) in [6, 6.07) is 5.99. The van der Waals surface area contributed by atoms with E-state index in [2.05, 4.69) is 31.9 Å². The topological polar surface area (TPSA) is 17.1 Å². The smallest absolute Gasteiger partial charge is 0.129 e. The van der Waals surface area contributed by atoms with Crippen LogP contribution in [0.25, 0.3) is 4.48 Å². The van der Waals surface area contributed by atoms with Crippen LogP contribution in [0, 0.1) is 0 Å². The van der Waals surface area contributed by atoms with E-state index in [1.54, 1.807) is 0 Å². The molecule has 1 atom stereocenters. The van der Waals surface area contributed by atoms with E-state index >= 15 is 0 Å². The van der Waals surface area contributed by atoms with E-state index in [1.807, 2.05) is 23.6 Å². The summed E-state index contributed by atoms with van der Waals surface area (Å²) in [7, 11) is 0.325. The first-order valence-corrected chi connectivity index (χ1v) is 7.56. The molecule has 0 N–H and O–H groups in total. The van der Waals surface area contributed by atoms with Crippen LogP contribution >= 0.6 is 31.9 Å². The molecule has 1 aromatic carbocycles. The molecule has 0 amide bonds. The molecule has 0 spiro atoms. The molecule has 1 heterocycles. The van der Waals surface area contributed by atoms with Crippen LogP contribution < -0.4 is 0 Å². The minimum atomic E-state index is -0.316. The second kappa shape index (κ2) is 3.81. The molecule has 1 nitrogen and oxygen atoms in total. The summed E-state index contributed by atoms with van der Waals surface area (Å²) in [5, 5.41) is 1.97. The molecule has 1 unspecified atom stereocenters. The number of rotatable bonds is 0. The zero-order chi connectivity index (χ0) is 9.42. The molecule has 5 heteroatoms. The lowest BCUT2D eigenvalue weighted by Crippen LogP contribution is -1.83. The summed E-state index contributed by atoms with van der Waals surface area (Å²) in [6.07, 6.45) is 0. The highest BCUT2D eigenvalue weighted by molar-refractivity contribution is 9.15. The maximum atomic E-state index is 10.8. The quantitative estimate of drug-likeness (QED) is 0.709. The highest BCUT2D eigenvalue weighted by atomic mass is 79.9. The Bertz CT molecular complexity index is 461. The highest BCUT2D eigenvalue weighted by Crippen LogP contribution is 2.36. The maximum absolute atomic E-state index is 10.8. The van der Waals surface area contributed by atoms with Crippen molar-refractivity contribution in [1.29, 1.82) is 0 Å². The van der Waals surface area contributed by atoms with Crippen molar-refractivity contribution in [3.8, 4) is 0 Å². The van der Waals surface area contributed by atoms with Crippen molar-refractivity contribution in [1.82, 2.24) is 0 Å². The number of hydrogen-bond acceptors (Lipinski definition) is 1. The average Bonchev–Trinajstić information content (AvgIpc) is 2.43. The molecular weight excluding hydrogens is 336 g/mol. The van der Waals surface area contributed by atoms with Crippen LogP contribution in [0.2, 0.25) is 0 Å². The molecule has 0 fully saturated rings. The Labute approximate surface area is 98.2 Å². The lowest BCUT2D eigenvalue weighted by atomic mass is 10.2. The molecule has 68 valence electrons. The van der Waals surface area contributed by atoms with Crippen molar-refractivity contribution in [3.63, 3.8) is 0 Å². The van der Waals surface area contributed by atoms with Crippen LogP contribution in [0.15, 0.2) is 33.0 Å². The first-order valence-electron chi connectivity index (χ1n) is 3.43. The lowest BCUT2D eigenvalue weighted by molar-refractivity contribution is 0.701. The molecule has 0 radical (unpaired) electrons. The van der Waals surface area contributed by atoms with Gasteiger partial charge in [-0.3, -0.25) is 0 Å². The Kier molecular flexibility index (Phi) is 2.88. The lowest BCUT2D eigenvalue weighted by Gasteiger charge is -1.99. The van der Waals surface area contributed by atoms with Gasteiger partial charge in [0.25, 0.3) is 0 Å². The molecule has 0 saturated carbocycles. The second-order valence-corrected chi connectivity index (χ2v) is 7.13. The number of benzene rings is 1. The van der Waals surface area contributed by atoms with Crippen LogP contribution in [-0.2, 0) is 19.7 Å². The van der Waals surface area contributed by atoms with E-state index in [0.717, 1.165) is 19.4 Å². The van der Waals surface area contributed by atoms with Gasteiger partial charge in [-0.2, -0.15) is 0 Å². The predicted molar refractivity (Wildman–Crippen MR) is 64.8 cm³/mol. The van der Waals surface area contributed by atoms with E-state index < -0.39 is 0 Å². The molecule has 0 aromatic heterocycles. The van der Waals surface area contributed by atoms with Gasteiger partial charge in [0.2, 0.25) is 0 Å². The van der Waals surface area contributed by atoms with E-state index in [1.165, 1.54) is 0 Å². The minimum Gasteiger partial charge on any atom is -0.205 e. The SMILES string of the molecule is O=S=S1C=C(Br)c2cc(Br)ccc21. The number of fused-ring (bicyclic) bond motifs is 1. The molecule has 1 aromatic rings. The van der Waals surface area contributed by atoms with Crippen LogP contribution in [0.4, 0.5) is 0 Å². The zero-order valence-electron chi connectivity index (χ0n) is 6.29. The zero-order valence-corrected chi connectivity index (χ0v) is 11.1. The standard InChI is InChI=1S/C8H4Br2OS2/c9-5-1-2-8-6(3-5)7(10)4-13(8)12-11/h1-4H. The van der Waals surface area contributed by atoms with E-state index in [-0.39, 0.29) is 9.45 Å². The Balaban J connectivity index is 2.74. The third kappa shape index (κ3) is 1.75. The van der Waals surface area contributed by atoms with Gasteiger partial charge < -0.3 is 0 Å². The summed E-state index contributed by atoms with van der Waals surface area (Å²) in [5.74, 6) is 0. The molecule has 0 saturated heterocycles. The third-order valence-corrected chi connectivity index (χ3v) is 5.80. The third-order valence-electron chi connectivity index (χ3n) is 1.70. The average molecular weight is 340 g/mol. The summed E-state index contributed by atoms with van der Waals surface area (Å²) in [6.45, 7) is 0. The van der Waals surface area contributed by atoms with Crippen LogP contribution in [0.1, 0.15) is 5.56 Å². The molecule has 13 heavy (non-hydrogen) atoms. The van der Waals surface area contributed by atoms with Crippen molar-refractivity contribution < 1.29 is 4.21 Å². The second-order valence-electron chi connectivity index (χ2n) is 2.47. The Morgan fingerprint density at radius 1 is 1.31 bits per heavy atom. The Morgan fingerprint density at radius 2 is 2.08 bits per heavy atom. The van der Waals surface area contributed by atoms with Gasteiger partial charge in [0.1, 0.15) is 10.2 Å². The molecule has 0 bridgehead atoms. The van der Waals surface area contributed by atoms with E-state index in [4.69, 9.17) is 0 Å². The fourth-order valence-electron chi connectivity index (χ4n) is 1.14. The van der Waals surface area contributed by atoms with Gasteiger partial charge in [-0.05, 0) is 49.0 Å². The van der Waals surface area contributed by atoms with E-state index in [0.29, 0.717) is 10.2 Å². The van der Waals surface area contributed by atoms with Crippen LogP contribution in [0.3, 0.4) is 0 Å². The normalized spacial score (nSPS) is 19.5. The number of halogens is 2. The van der Waals surface area contributed by atoms with Gasteiger partial charge in [-0.25, -0.2) is 4.21 Å². The summed E-state index contributed by atoms with van der Waals surface area (Å²) in [5.41, 5.74) is 1.13. The fraction of sp³-hybridized carbons (Fsp3) is 0. The van der Waals surface area contributed by atoms with Gasteiger partial charge in [0, 0.05) is 19.4 Å². The molecule has 2 rings (SSSR count). The Morgan fingerprint density at radius 3 is 2.77 bits per heavy atom. The largest absolute Gasteiger partial charge is 0.205 e. The fourth-order valence-corrected chi connectivity index (χ4v) is 5.10. The molecule has 1 aliphatic heterocycles. The van der Waals surface area contributed by atoms with Gasteiger partial charge in [-0.1, -0.05) is 15.9 Å².